The Morgan fingerprint density at radius 2 is 1.31 bits per heavy atom. The molecule has 0 bridgehead atoms. The summed E-state index contributed by atoms with van der Waals surface area (Å²) in [4.78, 5) is 0. The molecule has 0 fully saturated rings. The van der Waals surface area contributed by atoms with Crippen LogP contribution < -0.4 is 15.2 Å². The monoisotopic (exact) mass is 421 g/mol. The van der Waals surface area contributed by atoms with Crippen LogP contribution >= 0.6 is 24.0 Å². The summed E-state index contributed by atoms with van der Waals surface area (Å²) in [7, 11) is 0. The summed E-state index contributed by atoms with van der Waals surface area (Å²) in [6.45, 7) is 0. The maximum absolute atomic E-state index is 12.2. The lowest BCUT2D eigenvalue weighted by molar-refractivity contribution is -0.275. The van der Waals surface area contributed by atoms with Gasteiger partial charge in [-0.2, -0.15) is 0 Å². The number of ether oxygens (including phenoxy) is 2. The van der Waals surface area contributed by atoms with Crippen LogP contribution in [-0.4, -0.2) is 12.7 Å². The zero-order chi connectivity index (χ0) is 18.8. The molecule has 0 saturated heterocycles. The van der Waals surface area contributed by atoms with Gasteiger partial charge in [-0.3, -0.25) is 0 Å². The average molecular weight is 422 g/mol. The van der Waals surface area contributed by atoms with Crippen molar-refractivity contribution in [3.8, 4) is 11.5 Å². The van der Waals surface area contributed by atoms with E-state index in [9.17, 15) is 26.3 Å². The van der Waals surface area contributed by atoms with Gasteiger partial charge in [0, 0.05) is 0 Å². The second kappa shape index (κ2) is 8.24. The lowest BCUT2D eigenvalue weighted by Crippen LogP contribution is -2.18. The number of hydrogen-bond acceptors (Lipinski definition) is 3. The zero-order valence-electron chi connectivity index (χ0n) is 12.6. The Bertz CT molecular complexity index is 734. The highest BCUT2D eigenvalue weighted by Gasteiger charge is 2.32. The van der Waals surface area contributed by atoms with Gasteiger partial charge in [-0.05, 0) is 35.4 Å². The normalized spacial score (nSPS) is 12.9. The lowest BCUT2D eigenvalue weighted by Gasteiger charge is -2.16. The Hall–Kier alpha value is -1.84. The quantitative estimate of drug-likeness (QED) is 0.652. The first-order valence-electron chi connectivity index (χ1n) is 6.61. The average Bonchev–Trinajstić information content (AvgIpc) is 2.46. The van der Waals surface area contributed by atoms with Gasteiger partial charge in [-0.15, -0.1) is 38.7 Å². The van der Waals surface area contributed by atoms with Gasteiger partial charge in [0.2, 0.25) is 0 Å². The van der Waals surface area contributed by atoms with Crippen LogP contribution in [0.5, 0.6) is 11.5 Å². The summed E-state index contributed by atoms with van der Waals surface area (Å²) < 4.78 is 80.4. The molecule has 26 heavy (non-hydrogen) atoms. The summed E-state index contributed by atoms with van der Waals surface area (Å²) in [6, 6.07) is 7.41. The molecular weight excluding hydrogens is 411 g/mol. The van der Waals surface area contributed by atoms with Crippen molar-refractivity contribution in [3.63, 3.8) is 0 Å². The van der Waals surface area contributed by atoms with Crippen LogP contribution in [0.3, 0.4) is 0 Å². The topological polar surface area (TPSA) is 44.5 Å². The molecule has 0 saturated carbocycles. The van der Waals surface area contributed by atoms with Crippen LogP contribution in [0.4, 0.5) is 26.3 Å². The molecule has 0 aromatic heterocycles. The van der Waals surface area contributed by atoms with E-state index >= 15 is 0 Å². The molecular formula is C15H11Cl2F6NO2. The van der Waals surface area contributed by atoms with Crippen LogP contribution in [0, 0.1) is 0 Å². The Balaban J connectivity index is 0.00000338. The zero-order valence-corrected chi connectivity index (χ0v) is 14.1. The number of alkyl halides is 6. The summed E-state index contributed by atoms with van der Waals surface area (Å²) in [6.07, 6.45) is -9.70. The minimum absolute atomic E-state index is 0. The van der Waals surface area contributed by atoms with Crippen LogP contribution in [0.25, 0.3) is 0 Å². The fourth-order valence-corrected chi connectivity index (χ4v) is 2.21. The Labute approximate surface area is 155 Å². The number of halogens is 8. The smallest absolute Gasteiger partial charge is 0.406 e. The molecule has 2 aromatic carbocycles. The Morgan fingerprint density at radius 1 is 0.808 bits per heavy atom. The molecule has 3 nitrogen and oxygen atoms in total. The van der Waals surface area contributed by atoms with Crippen molar-refractivity contribution in [1.29, 1.82) is 0 Å². The molecule has 0 heterocycles. The van der Waals surface area contributed by atoms with Gasteiger partial charge in [0.25, 0.3) is 0 Å². The van der Waals surface area contributed by atoms with Crippen molar-refractivity contribution in [2.24, 2.45) is 5.73 Å². The van der Waals surface area contributed by atoms with Crippen molar-refractivity contribution in [2.45, 2.75) is 18.8 Å². The number of hydrogen-bond donors (Lipinski definition) is 1. The van der Waals surface area contributed by atoms with Gasteiger partial charge in [0.05, 0.1) is 11.1 Å². The summed E-state index contributed by atoms with van der Waals surface area (Å²) in [5.74, 6) is -1.01. The molecule has 1 atom stereocenters. The van der Waals surface area contributed by atoms with Crippen molar-refractivity contribution in [2.75, 3.05) is 0 Å². The first kappa shape index (κ1) is 22.2. The van der Waals surface area contributed by atoms with Gasteiger partial charge >= 0.3 is 12.7 Å². The van der Waals surface area contributed by atoms with E-state index < -0.39 is 30.3 Å². The molecule has 2 rings (SSSR count). The van der Waals surface area contributed by atoms with Gasteiger partial charge in [0.15, 0.2) is 0 Å². The largest absolute Gasteiger partial charge is 0.573 e. The van der Waals surface area contributed by atoms with E-state index in [0.29, 0.717) is 11.1 Å². The van der Waals surface area contributed by atoms with Crippen LogP contribution in [0.2, 0.25) is 5.02 Å². The molecule has 0 aliphatic rings. The third-order valence-electron chi connectivity index (χ3n) is 3.01. The van der Waals surface area contributed by atoms with Gasteiger partial charge in [0.1, 0.15) is 11.5 Å². The second-order valence-electron chi connectivity index (χ2n) is 4.83. The maximum atomic E-state index is 12.2. The minimum atomic E-state index is -4.89. The third kappa shape index (κ3) is 6.47. The van der Waals surface area contributed by atoms with Gasteiger partial charge in [-0.25, -0.2) is 0 Å². The standard InChI is InChI=1S/C15H10ClF6NO2.ClH/c16-11-7-9(3-6-12(11)25-15(20,21)22)13(23)8-1-4-10(5-2-8)24-14(17,18)19;/h1-7,13H,23H2;1H/t13-;/m0./s1. The van der Waals surface area contributed by atoms with E-state index in [1.54, 1.807) is 0 Å². The minimum Gasteiger partial charge on any atom is -0.406 e. The maximum Gasteiger partial charge on any atom is 0.573 e. The third-order valence-corrected chi connectivity index (χ3v) is 3.31. The Morgan fingerprint density at radius 3 is 1.77 bits per heavy atom. The molecule has 0 radical (unpaired) electrons. The van der Waals surface area contributed by atoms with Crippen molar-refractivity contribution < 1.29 is 35.8 Å². The van der Waals surface area contributed by atoms with E-state index in [-0.39, 0.29) is 17.4 Å². The van der Waals surface area contributed by atoms with Crippen molar-refractivity contribution >= 4 is 24.0 Å². The summed E-state index contributed by atoms with van der Waals surface area (Å²) >= 11 is 5.74. The second-order valence-corrected chi connectivity index (χ2v) is 5.24. The number of benzene rings is 2. The van der Waals surface area contributed by atoms with E-state index in [1.165, 1.54) is 24.3 Å². The van der Waals surface area contributed by atoms with Gasteiger partial charge in [-0.1, -0.05) is 29.8 Å². The lowest BCUT2D eigenvalue weighted by atomic mass is 9.99. The highest BCUT2D eigenvalue weighted by molar-refractivity contribution is 6.32. The number of nitrogens with two attached hydrogens (primary N) is 1. The van der Waals surface area contributed by atoms with Crippen LogP contribution in [0.1, 0.15) is 17.2 Å². The van der Waals surface area contributed by atoms with E-state index in [2.05, 4.69) is 9.47 Å². The molecule has 11 heteroatoms. The molecule has 0 unspecified atom stereocenters. The summed E-state index contributed by atoms with van der Waals surface area (Å²) in [5.41, 5.74) is 6.72. The SMILES string of the molecule is Cl.N[C@@H](c1ccc(OC(F)(F)F)cc1)c1ccc(OC(F)(F)F)c(Cl)c1. The molecule has 0 spiro atoms. The predicted molar refractivity (Wildman–Crippen MR) is 84.5 cm³/mol. The van der Waals surface area contributed by atoms with Crippen LogP contribution in [0.15, 0.2) is 42.5 Å². The highest BCUT2D eigenvalue weighted by atomic mass is 35.5. The first-order chi connectivity index (χ1) is 11.4. The molecule has 2 N–H and O–H groups in total. The number of rotatable bonds is 4. The van der Waals surface area contributed by atoms with E-state index in [1.807, 2.05) is 0 Å². The molecule has 2 aromatic rings. The predicted octanol–water partition coefficient (Wildman–Crippen LogP) is 5.61. The summed E-state index contributed by atoms with van der Waals surface area (Å²) in [5, 5.41) is -0.303. The van der Waals surface area contributed by atoms with Crippen molar-refractivity contribution in [3.05, 3.63) is 58.6 Å². The Kier molecular flexibility index (Phi) is 7.03. The molecule has 0 amide bonds. The van der Waals surface area contributed by atoms with Gasteiger partial charge < -0.3 is 15.2 Å². The fraction of sp³-hybridized carbons (Fsp3) is 0.200. The van der Waals surface area contributed by atoms with E-state index in [0.717, 1.165) is 18.2 Å². The fourth-order valence-electron chi connectivity index (χ4n) is 1.99. The highest BCUT2D eigenvalue weighted by Crippen LogP contribution is 2.33. The first-order valence-corrected chi connectivity index (χ1v) is 6.99. The molecule has 0 aliphatic carbocycles. The molecule has 144 valence electrons. The van der Waals surface area contributed by atoms with Crippen molar-refractivity contribution in [1.82, 2.24) is 0 Å². The van der Waals surface area contributed by atoms with Crippen LogP contribution in [-0.2, 0) is 0 Å². The van der Waals surface area contributed by atoms with E-state index in [4.69, 9.17) is 17.3 Å². The molecule has 0 aliphatic heterocycles.